The van der Waals surface area contributed by atoms with Gasteiger partial charge in [-0.25, -0.2) is 0 Å². The maximum Gasteiger partial charge on any atom is 0.293 e. The van der Waals surface area contributed by atoms with Crippen LogP contribution in [0, 0.1) is 15.5 Å². The highest BCUT2D eigenvalue weighted by atomic mass is 16.6. The molecule has 0 amide bonds. The molecule has 1 heterocycles. The number of hydrogen-bond donors (Lipinski definition) is 2. The van der Waals surface area contributed by atoms with E-state index in [-0.39, 0.29) is 5.69 Å². The van der Waals surface area contributed by atoms with E-state index in [4.69, 9.17) is 5.84 Å². The molecule has 0 spiro atoms. The number of nitro groups is 1. The smallest absolute Gasteiger partial charge is 0.293 e. The van der Waals surface area contributed by atoms with E-state index < -0.39 is 4.92 Å². The highest BCUT2D eigenvalue weighted by Crippen LogP contribution is 2.31. The molecule has 0 unspecified atom stereocenters. The summed E-state index contributed by atoms with van der Waals surface area (Å²) in [5.74, 6) is 5.31. The van der Waals surface area contributed by atoms with E-state index in [9.17, 15) is 10.1 Å². The molecule has 1 aliphatic rings. The Kier molecular flexibility index (Phi) is 4.80. The van der Waals surface area contributed by atoms with Crippen molar-refractivity contribution in [1.29, 1.82) is 0 Å². The Hall–Kier alpha value is -1.66. The number of nitrogens with two attached hydrogens (primary N) is 1. The molecule has 21 heavy (non-hydrogen) atoms. The van der Waals surface area contributed by atoms with Crippen molar-refractivity contribution in [2.75, 3.05) is 18.5 Å². The minimum absolute atomic E-state index is 0.0325. The summed E-state index contributed by atoms with van der Waals surface area (Å²) in [6.45, 7) is 7.46. The van der Waals surface area contributed by atoms with E-state index in [1.165, 1.54) is 12.8 Å². The molecule has 0 bridgehead atoms. The van der Waals surface area contributed by atoms with Crippen LogP contribution in [0.3, 0.4) is 0 Å². The molecule has 0 saturated carbocycles. The van der Waals surface area contributed by atoms with E-state index in [0.29, 0.717) is 11.1 Å². The van der Waals surface area contributed by atoms with Crippen LogP contribution in [-0.4, -0.2) is 22.9 Å². The molecule has 1 aliphatic heterocycles. The number of nitrogens with zero attached hydrogens (tertiary/aromatic N) is 2. The number of hydrazine groups is 1. The van der Waals surface area contributed by atoms with Gasteiger partial charge in [0.25, 0.3) is 5.69 Å². The number of likely N-dealkylation sites (tertiary alicyclic amines) is 1. The Morgan fingerprint density at radius 1 is 1.38 bits per heavy atom. The second kappa shape index (κ2) is 6.41. The molecule has 1 fully saturated rings. The van der Waals surface area contributed by atoms with E-state index in [0.717, 1.165) is 31.6 Å². The summed E-state index contributed by atoms with van der Waals surface area (Å²) >= 11 is 0. The van der Waals surface area contributed by atoms with Gasteiger partial charge in [-0.15, -0.1) is 0 Å². The third-order valence-corrected chi connectivity index (χ3v) is 4.25. The molecule has 0 radical (unpaired) electrons. The fraction of sp³-hybridized carbons (Fsp3) is 0.600. The van der Waals surface area contributed by atoms with Crippen LogP contribution in [0.2, 0.25) is 0 Å². The number of nitrogen functional groups attached to an aromatic ring is 1. The van der Waals surface area contributed by atoms with Crippen molar-refractivity contribution < 1.29 is 4.92 Å². The van der Waals surface area contributed by atoms with Crippen LogP contribution in [0.15, 0.2) is 18.2 Å². The summed E-state index contributed by atoms with van der Waals surface area (Å²) in [6, 6.07) is 5.19. The number of hydrogen-bond acceptors (Lipinski definition) is 5. The van der Waals surface area contributed by atoms with Crippen LogP contribution < -0.4 is 11.3 Å². The number of nitro benzene ring substituents is 1. The zero-order chi connectivity index (χ0) is 15.5. The predicted octanol–water partition coefficient (Wildman–Crippen LogP) is 2.89. The van der Waals surface area contributed by atoms with Crippen LogP contribution in [0.1, 0.15) is 38.7 Å². The van der Waals surface area contributed by atoms with E-state index in [2.05, 4.69) is 24.2 Å². The average Bonchev–Trinajstić information content (AvgIpc) is 2.60. The Morgan fingerprint density at radius 2 is 2.14 bits per heavy atom. The molecule has 3 N–H and O–H groups in total. The molecule has 0 aromatic heterocycles. The quantitative estimate of drug-likeness (QED) is 0.506. The maximum absolute atomic E-state index is 11.1. The fourth-order valence-corrected chi connectivity index (χ4v) is 2.84. The fourth-order valence-electron chi connectivity index (χ4n) is 2.84. The van der Waals surface area contributed by atoms with Crippen LogP contribution >= 0.6 is 0 Å². The summed E-state index contributed by atoms with van der Waals surface area (Å²) in [6.07, 6.45) is 3.58. The summed E-state index contributed by atoms with van der Waals surface area (Å²) in [5.41, 5.74) is 4.11. The highest BCUT2D eigenvalue weighted by molar-refractivity contribution is 5.61. The van der Waals surface area contributed by atoms with E-state index in [1.807, 2.05) is 6.07 Å². The summed E-state index contributed by atoms with van der Waals surface area (Å²) < 4.78 is 0. The van der Waals surface area contributed by atoms with Crippen molar-refractivity contribution in [2.24, 2.45) is 11.3 Å². The number of anilines is 1. The lowest BCUT2D eigenvalue weighted by Crippen LogP contribution is -2.25. The van der Waals surface area contributed by atoms with Gasteiger partial charge in [0.15, 0.2) is 0 Å². The number of rotatable bonds is 4. The monoisotopic (exact) mass is 292 g/mol. The average molecular weight is 292 g/mol. The molecule has 0 aliphatic carbocycles. The summed E-state index contributed by atoms with van der Waals surface area (Å²) in [7, 11) is 0. The van der Waals surface area contributed by atoms with Gasteiger partial charge in [0.05, 0.1) is 4.92 Å². The largest absolute Gasteiger partial charge is 0.318 e. The van der Waals surface area contributed by atoms with Gasteiger partial charge >= 0.3 is 0 Å². The van der Waals surface area contributed by atoms with Gasteiger partial charge in [-0.2, -0.15) is 0 Å². The Labute approximate surface area is 125 Å². The lowest BCUT2D eigenvalue weighted by atomic mass is 9.85. The second-order valence-electron chi connectivity index (χ2n) is 6.55. The predicted molar refractivity (Wildman–Crippen MR) is 83.8 cm³/mol. The zero-order valence-corrected chi connectivity index (χ0v) is 12.8. The summed E-state index contributed by atoms with van der Waals surface area (Å²) in [5, 5.41) is 11.1. The van der Waals surface area contributed by atoms with Gasteiger partial charge < -0.3 is 5.43 Å². The lowest BCUT2D eigenvalue weighted by molar-refractivity contribution is -0.384. The molecule has 116 valence electrons. The Morgan fingerprint density at radius 3 is 2.81 bits per heavy atom. The summed E-state index contributed by atoms with van der Waals surface area (Å²) in [4.78, 5) is 13.0. The first kappa shape index (κ1) is 15.7. The van der Waals surface area contributed by atoms with Crippen molar-refractivity contribution in [3.05, 3.63) is 33.9 Å². The maximum atomic E-state index is 11.1. The van der Waals surface area contributed by atoms with Gasteiger partial charge in [0, 0.05) is 12.6 Å². The van der Waals surface area contributed by atoms with Crippen LogP contribution in [0.25, 0.3) is 0 Å². The number of benzene rings is 1. The third kappa shape index (κ3) is 4.15. The van der Waals surface area contributed by atoms with Gasteiger partial charge in [-0.3, -0.25) is 20.9 Å². The van der Waals surface area contributed by atoms with Gasteiger partial charge in [0.1, 0.15) is 5.69 Å². The molecule has 2 rings (SSSR count). The number of nitrogens with one attached hydrogen (secondary N) is 1. The standard InChI is InChI=1S/C15H24N4O2/c1-15(2)6-3-8-18(9-7-15)11-12-4-5-13(17-16)14(10-12)19(20)21/h4-5,10,17H,3,6-9,11,16H2,1-2H3. The topological polar surface area (TPSA) is 84.4 Å². The zero-order valence-electron chi connectivity index (χ0n) is 12.8. The van der Waals surface area contributed by atoms with Gasteiger partial charge in [-0.05, 0) is 49.4 Å². The van der Waals surface area contributed by atoms with Crippen LogP contribution in [0.5, 0.6) is 0 Å². The molecular formula is C15H24N4O2. The van der Waals surface area contributed by atoms with Crippen molar-refractivity contribution in [2.45, 2.75) is 39.7 Å². The minimum Gasteiger partial charge on any atom is -0.318 e. The SMILES string of the molecule is CC1(C)CCCN(Cc2ccc(NN)c([N+](=O)[O-])c2)CC1. The Bertz CT molecular complexity index is 516. The molecule has 1 aromatic carbocycles. The molecule has 0 atom stereocenters. The minimum atomic E-state index is -0.399. The first-order valence-electron chi connectivity index (χ1n) is 7.37. The lowest BCUT2D eigenvalue weighted by Gasteiger charge is -2.23. The van der Waals surface area contributed by atoms with Gasteiger partial charge in [-0.1, -0.05) is 19.9 Å². The van der Waals surface area contributed by atoms with Crippen molar-refractivity contribution >= 4 is 11.4 Å². The van der Waals surface area contributed by atoms with Crippen LogP contribution in [-0.2, 0) is 6.54 Å². The van der Waals surface area contributed by atoms with Gasteiger partial charge in [0.2, 0.25) is 0 Å². The second-order valence-corrected chi connectivity index (χ2v) is 6.55. The first-order chi connectivity index (χ1) is 9.91. The van der Waals surface area contributed by atoms with E-state index >= 15 is 0 Å². The molecule has 6 heteroatoms. The van der Waals surface area contributed by atoms with Crippen LogP contribution in [0.4, 0.5) is 11.4 Å². The molecule has 1 aromatic rings. The van der Waals surface area contributed by atoms with Crippen molar-refractivity contribution in [3.8, 4) is 0 Å². The first-order valence-corrected chi connectivity index (χ1v) is 7.37. The highest BCUT2D eigenvalue weighted by Gasteiger charge is 2.23. The van der Waals surface area contributed by atoms with E-state index in [1.54, 1.807) is 12.1 Å². The molecule has 6 nitrogen and oxygen atoms in total. The Balaban J connectivity index is 2.09. The molecular weight excluding hydrogens is 268 g/mol. The van der Waals surface area contributed by atoms with Crippen molar-refractivity contribution in [1.82, 2.24) is 4.90 Å². The normalized spacial score (nSPS) is 19.0. The molecule has 1 saturated heterocycles. The third-order valence-electron chi connectivity index (χ3n) is 4.25. The van der Waals surface area contributed by atoms with Crippen molar-refractivity contribution in [3.63, 3.8) is 0 Å².